The predicted molar refractivity (Wildman–Crippen MR) is 62.1 cm³/mol. The molecule has 1 rings (SSSR count). The highest BCUT2D eigenvalue weighted by Crippen LogP contribution is 2.30. The van der Waals surface area contributed by atoms with E-state index in [2.05, 4.69) is 18.2 Å². The third kappa shape index (κ3) is 3.72. The molecular formula is C13H23N. The second kappa shape index (κ2) is 6.90. The quantitative estimate of drug-likeness (QED) is 0.535. The summed E-state index contributed by atoms with van der Waals surface area (Å²) in [5, 5.41) is 3.47. The fraction of sp³-hybridized carbons (Fsp3) is 0.846. The fourth-order valence-electron chi connectivity index (χ4n) is 2.48. The molecule has 1 nitrogen and oxygen atoms in total. The Morgan fingerprint density at radius 1 is 1.21 bits per heavy atom. The summed E-state index contributed by atoms with van der Waals surface area (Å²) in [6.45, 7) is 4.43. The van der Waals surface area contributed by atoms with E-state index in [1.807, 2.05) is 0 Å². The SMILES string of the molecule is C#CCC1CCCCCC1CNCC. The number of terminal acetylenes is 1. The smallest absolute Gasteiger partial charge is 0.0117 e. The number of hydrogen-bond donors (Lipinski definition) is 1. The highest BCUT2D eigenvalue weighted by molar-refractivity contribution is 4.90. The lowest BCUT2D eigenvalue weighted by Crippen LogP contribution is -2.27. The molecule has 80 valence electrons. The molecule has 2 atom stereocenters. The van der Waals surface area contributed by atoms with Crippen molar-refractivity contribution >= 4 is 0 Å². The van der Waals surface area contributed by atoms with Crippen molar-refractivity contribution in [1.29, 1.82) is 0 Å². The van der Waals surface area contributed by atoms with Gasteiger partial charge in [0.25, 0.3) is 0 Å². The van der Waals surface area contributed by atoms with Crippen molar-refractivity contribution in [3.05, 3.63) is 0 Å². The van der Waals surface area contributed by atoms with Crippen molar-refractivity contribution in [2.75, 3.05) is 13.1 Å². The van der Waals surface area contributed by atoms with E-state index in [9.17, 15) is 0 Å². The molecule has 0 saturated heterocycles. The number of nitrogens with one attached hydrogen (secondary N) is 1. The van der Waals surface area contributed by atoms with Gasteiger partial charge in [-0.1, -0.05) is 26.2 Å². The molecule has 14 heavy (non-hydrogen) atoms. The Balaban J connectivity index is 2.42. The normalized spacial score (nSPS) is 28.0. The molecule has 1 aliphatic carbocycles. The van der Waals surface area contributed by atoms with Crippen LogP contribution in [0.1, 0.15) is 45.4 Å². The van der Waals surface area contributed by atoms with Crippen molar-refractivity contribution in [3.8, 4) is 12.3 Å². The van der Waals surface area contributed by atoms with Crippen molar-refractivity contribution in [1.82, 2.24) is 5.32 Å². The molecule has 0 aliphatic heterocycles. The number of hydrogen-bond acceptors (Lipinski definition) is 1. The van der Waals surface area contributed by atoms with Crippen LogP contribution in [0.25, 0.3) is 0 Å². The van der Waals surface area contributed by atoms with Crippen molar-refractivity contribution in [2.24, 2.45) is 11.8 Å². The van der Waals surface area contributed by atoms with Gasteiger partial charge < -0.3 is 5.32 Å². The molecule has 0 aromatic rings. The predicted octanol–water partition coefficient (Wildman–Crippen LogP) is 2.82. The van der Waals surface area contributed by atoms with Gasteiger partial charge >= 0.3 is 0 Å². The van der Waals surface area contributed by atoms with Gasteiger partial charge in [0.1, 0.15) is 0 Å². The van der Waals surface area contributed by atoms with Gasteiger partial charge in [-0.15, -0.1) is 12.3 Å². The first-order chi connectivity index (χ1) is 6.88. The molecule has 1 aliphatic rings. The largest absolute Gasteiger partial charge is 0.317 e. The first-order valence-electron chi connectivity index (χ1n) is 6.02. The summed E-state index contributed by atoms with van der Waals surface area (Å²) in [6.07, 6.45) is 13.3. The van der Waals surface area contributed by atoms with Crippen LogP contribution in [0.4, 0.5) is 0 Å². The van der Waals surface area contributed by atoms with Gasteiger partial charge in [-0.3, -0.25) is 0 Å². The molecule has 1 saturated carbocycles. The van der Waals surface area contributed by atoms with Gasteiger partial charge in [-0.05, 0) is 37.8 Å². The lowest BCUT2D eigenvalue weighted by Gasteiger charge is -2.23. The van der Waals surface area contributed by atoms with Gasteiger partial charge in [-0.25, -0.2) is 0 Å². The van der Waals surface area contributed by atoms with Crippen LogP contribution < -0.4 is 5.32 Å². The molecule has 1 heteroatoms. The van der Waals surface area contributed by atoms with Gasteiger partial charge in [0.2, 0.25) is 0 Å². The molecular weight excluding hydrogens is 170 g/mol. The maximum absolute atomic E-state index is 5.43. The standard InChI is InChI=1S/C13H23N/c1-3-8-12-9-6-5-7-10-13(12)11-14-4-2/h1,12-14H,4-11H2,2H3. The average Bonchev–Trinajstić information content (AvgIpc) is 2.41. The monoisotopic (exact) mass is 193 g/mol. The molecule has 1 N–H and O–H groups in total. The highest BCUT2D eigenvalue weighted by atomic mass is 14.8. The zero-order valence-corrected chi connectivity index (χ0v) is 9.39. The van der Waals surface area contributed by atoms with E-state index in [0.717, 1.165) is 24.8 Å². The summed E-state index contributed by atoms with van der Waals surface area (Å²) in [6, 6.07) is 0. The first-order valence-corrected chi connectivity index (χ1v) is 6.02. The Morgan fingerprint density at radius 3 is 2.57 bits per heavy atom. The minimum absolute atomic E-state index is 0.779. The van der Waals surface area contributed by atoms with Crippen LogP contribution in [-0.4, -0.2) is 13.1 Å². The van der Waals surface area contributed by atoms with Crippen LogP contribution in [0.2, 0.25) is 0 Å². The van der Waals surface area contributed by atoms with E-state index in [1.54, 1.807) is 0 Å². The summed E-state index contributed by atoms with van der Waals surface area (Å²) >= 11 is 0. The molecule has 0 heterocycles. The van der Waals surface area contributed by atoms with E-state index in [1.165, 1.54) is 38.6 Å². The van der Waals surface area contributed by atoms with E-state index in [-0.39, 0.29) is 0 Å². The Bertz CT molecular complexity index is 180. The summed E-state index contributed by atoms with van der Waals surface area (Å²) in [5.41, 5.74) is 0. The Kier molecular flexibility index (Phi) is 5.71. The van der Waals surface area contributed by atoms with E-state index >= 15 is 0 Å². The minimum Gasteiger partial charge on any atom is -0.317 e. The Hall–Kier alpha value is -0.480. The highest BCUT2D eigenvalue weighted by Gasteiger charge is 2.22. The van der Waals surface area contributed by atoms with Gasteiger partial charge in [0, 0.05) is 6.42 Å². The van der Waals surface area contributed by atoms with Crippen LogP contribution in [0.15, 0.2) is 0 Å². The second-order valence-corrected chi connectivity index (χ2v) is 4.37. The van der Waals surface area contributed by atoms with Crippen molar-refractivity contribution in [3.63, 3.8) is 0 Å². The maximum atomic E-state index is 5.43. The van der Waals surface area contributed by atoms with Crippen molar-refractivity contribution < 1.29 is 0 Å². The molecule has 2 unspecified atom stereocenters. The zero-order chi connectivity index (χ0) is 10.2. The van der Waals surface area contributed by atoms with E-state index in [4.69, 9.17) is 6.42 Å². The summed E-state index contributed by atoms with van der Waals surface area (Å²) in [5.74, 6) is 4.45. The molecule has 0 amide bonds. The van der Waals surface area contributed by atoms with Gasteiger partial charge in [0.05, 0.1) is 0 Å². The molecule has 1 fully saturated rings. The van der Waals surface area contributed by atoms with E-state index < -0.39 is 0 Å². The van der Waals surface area contributed by atoms with Crippen LogP contribution >= 0.6 is 0 Å². The fourth-order valence-corrected chi connectivity index (χ4v) is 2.48. The zero-order valence-electron chi connectivity index (χ0n) is 9.39. The van der Waals surface area contributed by atoms with Crippen molar-refractivity contribution in [2.45, 2.75) is 45.4 Å². The molecule has 0 aromatic carbocycles. The lowest BCUT2D eigenvalue weighted by molar-refractivity contribution is 0.307. The average molecular weight is 193 g/mol. The topological polar surface area (TPSA) is 12.0 Å². The number of rotatable bonds is 4. The summed E-state index contributed by atoms with van der Waals surface area (Å²) in [7, 11) is 0. The van der Waals surface area contributed by atoms with Crippen LogP contribution in [-0.2, 0) is 0 Å². The lowest BCUT2D eigenvalue weighted by atomic mass is 9.85. The molecule has 0 aromatic heterocycles. The maximum Gasteiger partial charge on any atom is 0.0117 e. The molecule has 0 spiro atoms. The van der Waals surface area contributed by atoms with Gasteiger partial charge in [-0.2, -0.15) is 0 Å². The minimum atomic E-state index is 0.779. The third-order valence-corrected chi connectivity index (χ3v) is 3.35. The van der Waals surface area contributed by atoms with Gasteiger partial charge in [0.15, 0.2) is 0 Å². The second-order valence-electron chi connectivity index (χ2n) is 4.37. The van der Waals surface area contributed by atoms with Crippen LogP contribution in [0.5, 0.6) is 0 Å². The van der Waals surface area contributed by atoms with Crippen LogP contribution in [0, 0.1) is 24.2 Å². The Morgan fingerprint density at radius 2 is 1.93 bits per heavy atom. The Labute approximate surface area is 88.7 Å². The summed E-state index contributed by atoms with van der Waals surface area (Å²) < 4.78 is 0. The van der Waals surface area contributed by atoms with E-state index in [0.29, 0.717) is 0 Å². The van der Waals surface area contributed by atoms with Crippen LogP contribution in [0.3, 0.4) is 0 Å². The summed E-state index contributed by atoms with van der Waals surface area (Å²) in [4.78, 5) is 0. The third-order valence-electron chi connectivity index (χ3n) is 3.35. The molecule has 0 radical (unpaired) electrons. The molecule has 0 bridgehead atoms. The first kappa shape index (κ1) is 11.6.